The molecular weight excluding hydrogens is 372 g/mol. The molecule has 0 atom stereocenters. The van der Waals surface area contributed by atoms with Crippen molar-refractivity contribution in [3.63, 3.8) is 0 Å². The maximum absolute atomic E-state index is 13.3. The minimum Gasteiger partial charge on any atom is -0.512 e. The highest BCUT2D eigenvalue weighted by molar-refractivity contribution is 6.10. The van der Waals surface area contributed by atoms with Crippen LogP contribution in [0.5, 0.6) is 0 Å². The molecule has 0 saturated heterocycles. The third kappa shape index (κ3) is 4.40. The molecule has 3 nitrogen and oxygen atoms in total. The molecule has 2 aromatic carbocycles. The summed E-state index contributed by atoms with van der Waals surface area (Å²) in [4.78, 5) is 23.7. The Bertz CT molecular complexity index is 992. The summed E-state index contributed by atoms with van der Waals surface area (Å²) >= 11 is 0. The van der Waals surface area contributed by atoms with E-state index < -0.39 is 0 Å². The van der Waals surface area contributed by atoms with Crippen LogP contribution in [0.15, 0.2) is 42.2 Å². The Morgan fingerprint density at radius 3 is 2.13 bits per heavy atom. The van der Waals surface area contributed by atoms with Gasteiger partial charge in [0, 0.05) is 24.0 Å². The molecule has 0 fully saturated rings. The molecule has 3 heteroatoms. The lowest BCUT2D eigenvalue weighted by Gasteiger charge is -2.42. The second-order valence-corrected chi connectivity index (χ2v) is 9.77. The Balaban J connectivity index is 1.93. The van der Waals surface area contributed by atoms with Crippen molar-refractivity contribution in [2.45, 2.75) is 71.1 Å². The fraction of sp³-hybridized carbons (Fsp3) is 0.407. The number of aliphatic hydroxyl groups excluding tert-OH is 1. The quantitative estimate of drug-likeness (QED) is 0.342. The third-order valence-corrected chi connectivity index (χ3v) is 6.47. The van der Waals surface area contributed by atoms with Gasteiger partial charge in [0.2, 0.25) is 0 Å². The van der Waals surface area contributed by atoms with Crippen molar-refractivity contribution in [1.82, 2.24) is 0 Å². The van der Waals surface area contributed by atoms with Crippen molar-refractivity contribution in [2.75, 3.05) is 0 Å². The van der Waals surface area contributed by atoms with E-state index in [1.807, 2.05) is 19.1 Å². The average Bonchev–Trinajstić information content (AvgIpc) is 2.70. The van der Waals surface area contributed by atoms with Gasteiger partial charge in [-0.2, -0.15) is 0 Å². The Morgan fingerprint density at radius 2 is 1.57 bits per heavy atom. The molecule has 1 aliphatic rings. The molecule has 2 aromatic rings. The van der Waals surface area contributed by atoms with Crippen LogP contribution in [0.2, 0.25) is 0 Å². The first-order valence-electron chi connectivity index (χ1n) is 10.7. The van der Waals surface area contributed by atoms with Crippen LogP contribution in [0.25, 0.3) is 6.08 Å². The minimum atomic E-state index is 0.0233. The molecule has 0 saturated carbocycles. The van der Waals surface area contributed by atoms with Gasteiger partial charge in [-0.1, -0.05) is 58.0 Å². The molecule has 0 amide bonds. The molecule has 0 unspecified atom stereocenters. The van der Waals surface area contributed by atoms with E-state index in [1.54, 1.807) is 18.2 Å². The lowest BCUT2D eigenvalue weighted by molar-refractivity contribution is -0.107. The Kier molecular flexibility index (Phi) is 6.03. The topological polar surface area (TPSA) is 54.4 Å². The van der Waals surface area contributed by atoms with E-state index in [9.17, 15) is 14.7 Å². The standard InChI is InChI=1S/C27H32O3/c1-18-15-23-24(27(4,5)13-12-26(23,2)3)17-22(18)25(30)20-10-8-19(9-11-20)16-21(29)7-6-14-28/h8-11,14-17,29H,6-7,12-13H2,1-5H3/b21-16-. The van der Waals surface area contributed by atoms with Gasteiger partial charge >= 0.3 is 0 Å². The first kappa shape index (κ1) is 22.0. The van der Waals surface area contributed by atoms with Crippen LogP contribution >= 0.6 is 0 Å². The van der Waals surface area contributed by atoms with Crippen LogP contribution < -0.4 is 0 Å². The lowest BCUT2D eigenvalue weighted by atomic mass is 9.62. The van der Waals surface area contributed by atoms with Gasteiger partial charge < -0.3 is 9.90 Å². The number of rotatable bonds is 6. The molecule has 1 aliphatic carbocycles. The van der Waals surface area contributed by atoms with Gasteiger partial charge in [-0.3, -0.25) is 4.79 Å². The van der Waals surface area contributed by atoms with Gasteiger partial charge in [0.1, 0.15) is 6.29 Å². The third-order valence-electron chi connectivity index (χ3n) is 6.47. The first-order valence-corrected chi connectivity index (χ1v) is 10.7. The zero-order chi connectivity index (χ0) is 22.1. The minimum absolute atomic E-state index is 0.0233. The molecule has 0 spiro atoms. The second-order valence-electron chi connectivity index (χ2n) is 9.77. The van der Waals surface area contributed by atoms with E-state index in [0.29, 0.717) is 18.4 Å². The molecule has 158 valence electrons. The predicted molar refractivity (Wildman–Crippen MR) is 122 cm³/mol. The number of aliphatic hydroxyl groups is 1. The summed E-state index contributed by atoms with van der Waals surface area (Å²) < 4.78 is 0. The monoisotopic (exact) mass is 404 g/mol. The zero-order valence-corrected chi connectivity index (χ0v) is 18.7. The molecule has 3 rings (SSSR count). The number of ketones is 1. The summed E-state index contributed by atoms with van der Waals surface area (Å²) in [6.45, 7) is 11.1. The normalized spacial score (nSPS) is 17.3. The number of aryl methyl sites for hydroxylation is 1. The van der Waals surface area contributed by atoms with Crippen LogP contribution in [0.1, 0.15) is 91.6 Å². The van der Waals surface area contributed by atoms with Crippen molar-refractivity contribution in [3.05, 3.63) is 75.5 Å². The van der Waals surface area contributed by atoms with E-state index in [0.717, 1.165) is 35.8 Å². The van der Waals surface area contributed by atoms with E-state index in [1.165, 1.54) is 11.1 Å². The highest BCUT2D eigenvalue weighted by Crippen LogP contribution is 2.46. The van der Waals surface area contributed by atoms with E-state index in [4.69, 9.17) is 0 Å². The molecule has 1 N–H and O–H groups in total. The number of fused-ring (bicyclic) bond motifs is 1. The maximum atomic E-state index is 13.3. The lowest BCUT2D eigenvalue weighted by Crippen LogP contribution is -2.34. The summed E-state index contributed by atoms with van der Waals surface area (Å²) in [7, 11) is 0. The van der Waals surface area contributed by atoms with E-state index >= 15 is 0 Å². The maximum Gasteiger partial charge on any atom is 0.193 e. The number of carbonyl (C=O) groups is 2. The van der Waals surface area contributed by atoms with Gasteiger partial charge in [-0.15, -0.1) is 0 Å². The van der Waals surface area contributed by atoms with Crippen molar-refractivity contribution < 1.29 is 14.7 Å². The predicted octanol–water partition coefficient (Wildman–Crippen LogP) is 6.45. The molecule has 0 aliphatic heterocycles. The van der Waals surface area contributed by atoms with Crippen molar-refractivity contribution in [1.29, 1.82) is 0 Å². The van der Waals surface area contributed by atoms with E-state index in [2.05, 4.69) is 39.8 Å². The fourth-order valence-corrected chi connectivity index (χ4v) is 4.32. The van der Waals surface area contributed by atoms with Crippen molar-refractivity contribution in [3.8, 4) is 0 Å². The van der Waals surface area contributed by atoms with Crippen LogP contribution in [0.3, 0.4) is 0 Å². The van der Waals surface area contributed by atoms with Crippen molar-refractivity contribution in [2.24, 2.45) is 0 Å². The SMILES string of the molecule is Cc1cc2c(cc1C(=O)c1ccc(/C=C(\O)CCC=O)cc1)C(C)(C)CCC2(C)C. The van der Waals surface area contributed by atoms with Gasteiger partial charge in [0.05, 0.1) is 5.76 Å². The van der Waals surface area contributed by atoms with Gasteiger partial charge in [0.15, 0.2) is 5.78 Å². The summed E-state index contributed by atoms with van der Waals surface area (Å²) in [5, 5.41) is 9.87. The zero-order valence-electron chi connectivity index (χ0n) is 18.7. The summed E-state index contributed by atoms with van der Waals surface area (Å²) in [6.07, 6.45) is 5.29. The van der Waals surface area contributed by atoms with E-state index in [-0.39, 0.29) is 22.4 Å². The van der Waals surface area contributed by atoms with Gasteiger partial charge in [0.25, 0.3) is 0 Å². The highest BCUT2D eigenvalue weighted by atomic mass is 16.3. The molecule has 0 aromatic heterocycles. The smallest absolute Gasteiger partial charge is 0.193 e. The van der Waals surface area contributed by atoms with Gasteiger partial charge in [-0.25, -0.2) is 0 Å². The molecular formula is C27H32O3. The average molecular weight is 405 g/mol. The largest absolute Gasteiger partial charge is 0.512 e. The number of hydrogen-bond acceptors (Lipinski definition) is 3. The molecule has 0 bridgehead atoms. The number of aldehydes is 1. The van der Waals surface area contributed by atoms with Crippen LogP contribution in [0, 0.1) is 6.92 Å². The number of hydrogen-bond donors (Lipinski definition) is 1. The summed E-state index contributed by atoms with van der Waals surface area (Å²) in [5.74, 6) is 0.187. The number of benzene rings is 2. The van der Waals surface area contributed by atoms with Gasteiger partial charge in [-0.05, 0) is 65.0 Å². The molecule has 0 radical (unpaired) electrons. The van der Waals surface area contributed by atoms with Crippen LogP contribution in [-0.4, -0.2) is 17.2 Å². The number of allylic oxidation sites excluding steroid dienone is 1. The second kappa shape index (κ2) is 8.22. The molecule has 0 heterocycles. The first-order chi connectivity index (χ1) is 14.0. The Hall–Kier alpha value is -2.68. The van der Waals surface area contributed by atoms with Crippen molar-refractivity contribution >= 4 is 18.1 Å². The number of carbonyl (C=O) groups excluding carboxylic acids is 2. The Morgan fingerprint density at radius 1 is 1.00 bits per heavy atom. The van der Waals surface area contributed by atoms with Crippen LogP contribution in [0.4, 0.5) is 0 Å². The summed E-state index contributed by atoms with van der Waals surface area (Å²) in [5.41, 5.74) is 6.04. The molecule has 30 heavy (non-hydrogen) atoms. The fourth-order valence-electron chi connectivity index (χ4n) is 4.32. The highest BCUT2D eigenvalue weighted by Gasteiger charge is 2.37. The van der Waals surface area contributed by atoms with Crippen LogP contribution in [-0.2, 0) is 15.6 Å². The Labute approximate surface area is 179 Å². The summed E-state index contributed by atoms with van der Waals surface area (Å²) in [6, 6.07) is 11.6.